The van der Waals surface area contributed by atoms with Crippen LogP contribution in [0.15, 0.2) is 24.3 Å². The van der Waals surface area contributed by atoms with Crippen molar-refractivity contribution in [2.24, 2.45) is 0 Å². The second kappa shape index (κ2) is 6.40. The molecule has 5 heteroatoms. The summed E-state index contributed by atoms with van der Waals surface area (Å²) in [6.07, 6.45) is 0. The highest BCUT2D eigenvalue weighted by atomic mass is 16.5. The topological polar surface area (TPSA) is 56.6 Å². The lowest BCUT2D eigenvalue weighted by Crippen LogP contribution is -2.49. The van der Waals surface area contributed by atoms with Gasteiger partial charge in [-0.2, -0.15) is 5.26 Å². The zero-order chi connectivity index (χ0) is 14.5. The van der Waals surface area contributed by atoms with E-state index in [2.05, 4.69) is 6.07 Å². The van der Waals surface area contributed by atoms with Crippen molar-refractivity contribution in [2.45, 2.75) is 13.0 Å². The molecule has 1 aromatic carbocycles. The Hall–Kier alpha value is -2.06. The van der Waals surface area contributed by atoms with Gasteiger partial charge in [-0.25, -0.2) is 0 Å². The molecule has 20 heavy (non-hydrogen) atoms. The van der Waals surface area contributed by atoms with E-state index in [-0.39, 0.29) is 11.9 Å². The minimum absolute atomic E-state index is 0.111. The third kappa shape index (κ3) is 3.09. The summed E-state index contributed by atoms with van der Waals surface area (Å²) in [6, 6.07) is 9.10. The molecule has 1 aliphatic heterocycles. The lowest BCUT2D eigenvalue weighted by molar-refractivity contribution is -0.136. The van der Waals surface area contributed by atoms with Crippen LogP contribution >= 0.6 is 0 Å². The number of hydrogen-bond donors (Lipinski definition) is 0. The standard InChI is InChI=1S/C15H19N3O2/c1-12(15(19)18-7-9-20-10-8-18)17(2)14-5-3-13(11-16)4-6-14/h3-6,12H,7-10H2,1-2H3. The number of carbonyl (C=O) groups is 1. The molecule has 2 rings (SSSR count). The number of morpholine rings is 1. The Bertz CT molecular complexity index is 501. The summed E-state index contributed by atoms with van der Waals surface area (Å²) in [5.74, 6) is 0.111. The number of hydrogen-bond acceptors (Lipinski definition) is 4. The van der Waals surface area contributed by atoms with Gasteiger partial charge in [0, 0.05) is 25.8 Å². The molecule has 1 saturated heterocycles. The van der Waals surface area contributed by atoms with Gasteiger partial charge in [-0.3, -0.25) is 4.79 Å². The third-order valence-electron chi connectivity index (χ3n) is 3.66. The number of carbonyl (C=O) groups excluding carboxylic acids is 1. The van der Waals surface area contributed by atoms with E-state index in [1.165, 1.54) is 0 Å². The average molecular weight is 273 g/mol. The molecule has 1 heterocycles. The van der Waals surface area contributed by atoms with Gasteiger partial charge in [0.05, 0.1) is 24.8 Å². The minimum atomic E-state index is -0.235. The van der Waals surface area contributed by atoms with Gasteiger partial charge < -0.3 is 14.5 Å². The smallest absolute Gasteiger partial charge is 0.245 e. The summed E-state index contributed by atoms with van der Waals surface area (Å²) in [7, 11) is 1.89. The summed E-state index contributed by atoms with van der Waals surface area (Å²) < 4.78 is 5.26. The largest absolute Gasteiger partial charge is 0.378 e. The molecule has 0 radical (unpaired) electrons. The monoisotopic (exact) mass is 273 g/mol. The zero-order valence-electron chi connectivity index (χ0n) is 11.9. The first-order valence-electron chi connectivity index (χ1n) is 6.73. The van der Waals surface area contributed by atoms with Gasteiger partial charge in [0.2, 0.25) is 5.91 Å². The molecule has 0 aliphatic carbocycles. The number of amides is 1. The van der Waals surface area contributed by atoms with Gasteiger partial charge in [0.1, 0.15) is 6.04 Å². The Labute approximate surface area is 119 Å². The van der Waals surface area contributed by atoms with Gasteiger partial charge in [0.25, 0.3) is 0 Å². The fraction of sp³-hybridized carbons (Fsp3) is 0.467. The molecule has 0 spiro atoms. The quantitative estimate of drug-likeness (QED) is 0.831. The Morgan fingerprint density at radius 1 is 1.35 bits per heavy atom. The number of nitriles is 1. The van der Waals surface area contributed by atoms with E-state index in [4.69, 9.17) is 10.00 Å². The fourth-order valence-corrected chi connectivity index (χ4v) is 2.21. The number of anilines is 1. The van der Waals surface area contributed by atoms with E-state index in [9.17, 15) is 4.79 Å². The van der Waals surface area contributed by atoms with Gasteiger partial charge in [-0.1, -0.05) is 0 Å². The first kappa shape index (κ1) is 14.4. The van der Waals surface area contributed by atoms with E-state index in [1.54, 1.807) is 12.1 Å². The van der Waals surface area contributed by atoms with Crippen LogP contribution in [-0.2, 0) is 9.53 Å². The van der Waals surface area contributed by atoms with E-state index in [1.807, 2.05) is 35.9 Å². The summed E-state index contributed by atoms with van der Waals surface area (Å²) in [6.45, 7) is 4.43. The van der Waals surface area contributed by atoms with E-state index in [0.717, 1.165) is 5.69 Å². The van der Waals surface area contributed by atoms with Crippen molar-refractivity contribution in [2.75, 3.05) is 38.3 Å². The Morgan fingerprint density at radius 2 is 1.95 bits per heavy atom. The third-order valence-corrected chi connectivity index (χ3v) is 3.66. The molecule has 1 aliphatic rings. The molecule has 5 nitrogen and oxygen atoms in total. The second-order valence-corrected chi connectivity index (χ2v) is 4.88. The molecular weight excluding hydrogens is 254 g/mol. The molecule has 106 valence electrons. The predicted octanol–water partition coefficient (Wildman–Crippen LogP) is 1.24. The van der Waals surface area contributed by atoms with Crippen LogP contribution in [0.2, 0.25) is 0 Å². The Kier molecular flexibility index (Phi) is 4.59. The maximum atomic E-state index is 12.4. The molecular formula is C15H19N3O2. The number of likely N-dealkylation sites (N-methyl/N-ethyl adjacent to an activating group) is 1. The molecule has 0 aromatic heterocycles. The van der Waals surface area contributed by atoms with Gasteiger partial charge in [0.15, 0.2) is 0 Å². The predicted molar refractivity (Wildman–Crippen MR) is 76.4 cm³/mol. The van der Waals surface area contributed by atoms with Gasteiger partial charge >= 0.3 is 0 Å². The number of ether oxygens (including phenoxy) is 1. The summed E-state index contributed by atoms with van der Waals surface area (Å²) in [4.78, 5) is 16.2. The van der Waals surface area contributed by atoms with Crippen molar-refractivity contribution in [1.29, 1.82) is 5.26 Å². The van der Waals surface area contributed by atoms with Gasteiger partial charge in [-0.15, -0.1) is 0 Å². The Morgan fingerprint density at radius 3 is 2.50 bits per heavy atom. The highest BCUT2D eigenvalue weighted by Gasteiger charge is 2.25. The van der Waals surface area contributed by atoms with Crippen LogP contribution in [0.1, 0.15) is 12.5 Å². The SMILES string of the molecule is CC(C(=O)N1CCOCC1)N(C)c1ccc(C#N)cc1. The van der Waals surface area contributed by atoms with Crippen LogP contribution in [0.25, 0.3) is 0 Å². The molecule has 0 saturated carbocycles. The Balaban J connectivity index is 2.04. The molecule has 1 amide bonds. The molecule has 0 N–H and O–H groups in total. The summed E-state index contributed by atoms with van der Waals surface area (Å²) in [5, 5.41) is 8.80. The van der Waals surface area contributed by atoms with Gasteiger partial charge in [-0.05, 0) is 31.2 Å². The van der Waals surface area contributed by atoms with E-state index >= 15 is 0 Å². The van der Waals surface area contributed by atoms with Crippen molar-refractivity contribution in [3.63, 3.8) is 0 Å². The highest BCUT2D eigenvalue weighted by Crippen LogP contribution is 2.17. The molecule has 1 atom stereocenters. The lowest BCUT2D eigenvalue weighted by atomic mass is 10.1. The van der Waals surface area contributed by atoms with Crippen LogP contribution in [0.3, 0.4) is 0 Å². The van der Waals surface area contributed by atoms with Crippen LogP contribution in [0.4, 0.5) is 5.69 Å². The summed E-state index contributed by atoms with van der Waals surface area (Å²) >= 11 is 0. The van der Waals surface area contributed by atoms with Crippen molar-refractivity contribution >= 4 is 11.6 Å². The van der Waals surface area contributed by atoms with E-state index in [0.29, 0.717) is 31.9 Å². The van der Waals surface area contributed by atoms with Crippen LogP contribution in [0.5, 0.6) is 0 Å². The lowest BCUT2D eigenvalue weighted by Gasteiger charge is -2.33. The zero-order valence-corrected chi connectivity index (χ0v) is 11.9. The van der Waals surface area contributed by atoms with Crippen LogP contribution in [0, 0.1) is 11.3 Å². The average Bonchev–Trinajstić information content (AvgIpc) is 2.53. The van der Waals surface area contributed by atoms with Crippen molar-refractivity contribution < 1.29 is 9.53 Å². The first-order valence-corrected chi connectivity index (χ1v) is 6.73. The highest BCUT2D eigenvalue weighted by molar-refractivity contribution is 5.85. The van der Waals surface area contributed by atoms with Crippen molar-refractivity contribution in [3.8, 4) is 6.07 Å². The van der Waals surface area contributed by atoms with Crippen LogP contribution in [-0.4, -0.2) is 50.2 Å². The molecule has 1 fully saturated rings. The first-order chi connectivity index (χ1) is 9.63. The number of benzene rings is 1. The maximum Gasteiger partial charge on any atom is 0.245 e. The molecule has 1 unspecified atom stereocenters. The van der Waals surface area contributed by atoms with E-state index < -0.39 is 0 Å². The molecule has 1 aromatic rings. The number of nitrogens with zero attached hydrogens (tertiary/aromatic N) is 3. The van der Waals surface area contributed by atoms with Crippen molar-refractivity contribution in [1.82, 2.24) is 4.90 Å². The fourth-order valence-electron chi connectivity index (χ4n) is 2.21. The second-order valence-electron chi connectivity index (χ2n) is 4.88. The normalized spacial score (nSPS) is 16.4. The molecule has 0 bridgehead atoms. The number of rotatable bonds is 3. The van der Waals surface area contributed by atoms with Crippen LogP contribution < -0.4 is 4.90 Å². The summed E-state index contributed by atoms with van der Waals surface area (Å²) in [5.41, 5.74) is 1.55. The minimum Gasteiger partial charge on any atom is -0.378 e. The van der Waals surface area contributed by atoms with Crippen molar-refractivity contribution in [3.05, 3.63) is 29.8 Å². The maximum absolute atomic E-state index is 12.4.